The van der Waals surface area contributed by atoms with Crippen LogP contribution >= 0.6 is 0 Å². The van der Waals surface area contributed by atoms with Gasteiger partial charge in [0.25, 0.3) is 0 Å². The lowest BCUT2D eigenvalue weighted by Gasteiger charge is -2.25. The van der Waals surface area contributed by atoms with E-state index in [1.165, 1.54) is 6.07 Å². The standard InChI is InChI=1S/C17H19F3N4O3/c1-9(22-15(26)10-2-4-12(25)5-3-10)16-23-14(24-27-16)11-6-7-21-13(8-11)17(18,19)20/h6-10,12,25H,2-5H2,1H3,(H,22,26)/t9-,10-,12-/m0/s1. The molecule has 1 amide bonds. The normalized spacial score (nSPS) is 21.7. The fraction of sp³-hybridized carbons (Fsp3) is 0.529. The van der Waals surface area contributed by atoms with Crippen molar-refractivity contribution < 1.29 is 27.6 Å². The number of nitrogens with zero attached hydrogens (tertiary/aromatic N) is 3. The minimum absolute atomic E-state index is 0.0141. The Morgan fingerprint density at radius 1 is 1.33 bits per heavy atom. The van der Waals surface area contributed by atoms with E-state index >= 15 is 0 Å². The zero-order valence-electron chi connectivity index (χ0n) is 14.5. The molecule has 0 bridgehead atoms. The summed E-state index contributed by atoms with van der Waals surface area (Å²) in [4.78, 5) is 19.7. The molecule has 1 aliphatic rings. The molecule has 27 heavy (non-hydrogen) atoms. The number of halogens is 3. The maximum Gasteiger partial charge on any atom is 0.433 e. The predicted molar refractivity (Wildman–Crippen MR) is 87.1 cm³/mol. The third kappa shape index (κ3) is 4.62. The first kappa shape index (κ1) is 19.3. The number of hydrogen-bond acceptors (Lipinski definition) is 6. The topological polar surface area (TPSA) is 101 Å². The molecular formula is C17H19F3N4O3. The molecule has 2 aromatic rings. The number of carbonyl (C=O) groups excluding carboxylic acids is 1. The minimum Gasteiger partial charge on any atom is -0.393 e. The van der Waals surface area contributed by atoms with Gasteiger partial charge in [0.2, 0.25) is 17.6 Å². The minimum atomic E-state index is -4.57. The second kappa shape index (κ2) is 7.63. The number of pyridine rings is 1. The van der Waals surface area contributed by atoms with Gasteiger partial charge in [-0.1, -0.05) is 5.16 Å². The Labute approximate surface area is 153 Å². The molecule has 1 fully saturated rings. The van der Waals surface area contributed by atoms with E-state index in [0.29, 0.717) is 25.7 Å². The number of alkyl halides is 3. The van der Waals surface area contributed by atoms with Crippen molar-refractivity contribution in [1.82, 2.24) is 20.4 Å². The fourth-order valence-corrected chi connectivity index (χ4v) is 2.98. The third-order valence-electron chi connectivity index (χ3n) is 4.55. The molecule has 0 saturated heterocycles. The quantitative estimate of drug-likeness (QED) is 0.841. The summed E-state index contributed by atoms with van der Waals surface area (Å²) in [5, 5.41) is 16.0. The van der Waals surface area contributed by atoms with Crippen LogP contribution in [-0.2, 0) is 11.0 Å². The molecular weight excluding hydrogens is 365 g/mol. The van der Waals surface area contributed by atoms with Crippen molar-refractivity contribution in [2.75, 3.05) is 0 Å². The van der Waals surface area contributed by atoms with Crippen molar-refractivity contribution in [1.29, 1.82) is 0 Å². The molecule has 2 N–H and O–H groups in total. The average Bonchev–Trinajstić information content (AvgIpc) is 3.12. The molecule has 146 valence electrons. The first-order valence-corrected chi connectivity index (χ1v) is 8.59. The number of aliphatic hydroxyl groups is 1. The lowest BCUT2D eigenvalue weighted by Crippen LogP contribution is -2.35. The van der Waals surface area contributed by atoms with Crippen LogP contribution in [0.1, 0.15) is 50.2 Å². The van der Waals surface area contributed by atoms with Crippen molar-refractivity contribution in [3.05, 3.63) is 29.9 Å². The summed E-state index contributed by atoms with van der Waals surface area (Å²) in [6.45, 7) is 1.65. The first-order chi connectivity index (χ1) is 12.7. The average molecular weight is 384 g/mol. The van der Waals surface area contributed by atoms with Gasteiger partial charge in [-0.25, -0.2) is 0 Å². The molecule has 0 unspecified atom stereocenters. The summed E-state index contributed by atoms with van der Waals surface area (Å²) in [5.41, 5.74) is -0.931. The summed E-state index contributed by atoms with van der Waals surface area (Å²) in [7, 11) is 0. The smallest absolute Gasteiger partial charge is 0.393 e. The van der Waals surface area contributed by atoms with Crippen LogP contribution in [0.5, 0.6) is 0 Å². The Morgan fingerprint density at radius 3 is 2.70 bits per heavy atom. The van der Waals surface area contributed by atoms with Gasteiger partial charge in [0.15, 0.2) is 0 Å². The van der Waals surface area contributed by atoms with E-state index in [-0.39, 0.29) is 35.2 Å². The van der Waals surface area contributed by atoms with Crippen LogP contribution in [0, 0.1) is 5.92 Å². The van der Waals surface area contributed by atoms with Crippen molar-refractivity contribution >= 4 is 5.91 Å². The van der Waals surface area contributed by atoms with Gasteiger partial charge in [-0.15, -0.1) is 0 Å². The number of hydrogen-bond donors (Lipinski definition) is 2. The van der Waals surface area contributed by atoms with Crippen LogP contribution in [0.4, 0.5) is 13.2 Å². The van der Waals surface area contributed by atoms with Gasteiger partial charge in [-0.2, -0.15) is 18.2 Å². The Balaban J connectivity index is 1.67. The van der Waals surface area contributed by atoms with Crippen LogP contribution in [0.25, 0.3) is 11.4 Å². The van der Waals surface area contributed by atoms with E-state index < -0.39 is 17.9 Å². The van der Waals surface area contributed by atoms with Gasteiger partial charge in [-0.3, -0.25) is 9.78 Å². The van der Waals surface area contributed by atoms with Crippen LogP contribution in [0.2, 0.25) is 0 Å². The van der Waals surface area contributed by atoms with Crippen LogP contribution in [0.15, 0.2) is 22.9 Å². The number of nitrogens with one attached hydrogen (secondary N) is 1. The number of carbonyl (C=O) groups is 1. The third-order valence-corrected chi connectivity index (χ3v) is 4.55. The zero-order chi connectivity index (χ0) is 19.6. The summed E-state index contributed by atoms with van der Waals surface area (Å²) < 4.78 is 43.4. The monoisotopic (exact) mass is 384 g/mol. The Kier molecular flexibility index (Phi) is 5.45. The molecule has 1 saturated carbocycles. The van der Waals surface area contributed by atoms with Gasteiger partial charge in [-0.05, 0) is 44.7 Å². The maximum atomic E-state index is 12.8. The molecule has 1 aliphatic carbocycles. The summed E-state index contributed by atoms with van der Waals surface area (Å²) in [6.07, 6.45) is -1.53. The largest absolute Gasteiger partial charge is 0.433 e. The zero-order valence-corrected chi connectivity index (χ0v) is 14.5. The van der Waals surface area contributed by atoms with Gasteiger partial charge >= 0.3 is 6.18 Å². The lowest BCUT2D eigenvalue weighted by atomic mass is 9.87. The highest BCUT2D eigenvalue weighted by Crippen LogP contribution is 2.30. The molecule has 10 heteroatoms. The summed E-state index contributed by atoms with van der Waals surface area (Å²) in [6, 6.07) is 1.60. The predicted octanol–water partition coefficient (Wildman–Crippen LogP) is 2.88. The van der Waals surface area contributed by atoms with Crippen molar-refractivity contribution in [3.8, 4) is 11.4 Å². The molecule has 7 nitrogen and oxygen atoms in total. The van der Waals surface area contributed by atoms with E-state index in [2.05, 4.69) is 20.4 Å². The molecule has 2 aromatic heterocycles. The number of aliphatic hydroxyl groups excluding tert-OH is 1. The molecule has 1 atom stereocenters. The first-order valence-electron chi connectivity index (χ1n) is 8.59. The van der Waals surface area contributed by atoms with Crippen LogP contribution < -0.4 is 5.32 Å². The van der Waals surface area contributed by atoms with Crippen molar-refractivity contribution in [2.24, 2.45) is 5.92 Å². The fourth-order valence-electron chi connectivity index (χ4n) is 2.98. The van der Waals surface area contributed by atoms with Gasteiger partial charge in [0.05, 0.1) is 6.10 Å². The van der Waals surface area contributed by atoms with E-state index in [9.17, 15) is 23.1 Å². The van der Waals surface area contributed by atoms with Crippen molar-refractivity contribution in [3.63, 3.8) is 0 Å². The Bertz CT molecular complexity index is 801. The highest BCUT2D eigenvalue weighted by molar-refractivity contribution is 5.79. The molecule has 0 radical (unpaired) electrons. The second-order valence-electron chi connectivity index (χ2n) is 6.62. The molecule has 0 spiro atoms. The van der Waals surface area contributed by atoms with Gasteiger partial charge in [0.1, 0.15) is 11.7 Å². The summed E-state index contributed by atoms with van der Waals surface area (Å²) in [5.74, 6) is -0.274. The van der Waals surface area contributed by atoms with E-state index in [4.69, 9.17) is 4.52 Å². The van der Waals surface area contributed by atoms with E-state index in [0.717, 1.165) is 12.3 Å². The maximum absolute atomic E-state index is 12.8. The van der Waals surface area contributed by atoms with Crippen molar-refractivity contribution in [2.45, 2.75) is 50.9 Å². The highest BCUT2D eigenvalue weighted by atomic mass is 19.4. The second-order valence-corrected chi connectivity index (χ2v) is 6.62. The lowest BCUT2D eigenvalue weighted by molar-refractivity contribution is -0.141. The SMILES string of the molecule is C[C@H](NC(=O)[C@H]1CC[C@H](O)CC1)c1nc(-c2ccnc(C(F)(F)F)c2)no1. The molecule has 3 rings (SSSR count). The van der Waals surface area contributed by atoms with Gasteiger partial charge < -0.3 is 14.9 Å². The van der Waals surface area contributed by atoms with E-state index in [1.54, 1.807) is 6.92 Å². The Morgan fingerprint density at radius 2 is 2.04 bits per heavy atom. The molecule has 0 aliphatic heterocycles. The van der Waals surface area contributed by atoms with E-state index in [1.807, 2.05) is 0 Å². The van der Waals surface area contributed by atoms with Crippen LogP contribution in [0.3, 0.4) is 0 Å². The number of rotatable bonds is 4. The van der Waals surface area contributed by atoms with Crippen LogP contribution in [-0.4, -0.2) is 32.2 Å². The highest BCUT2D eigenvalue weighted by Gasteiger charge is 2.33. The number of aromatic nitrogens is 3. The summed E-state index contributed by atoms with van der Waals surface area (Å²) >= 11 is 0. The van der Waals surface area contributed by atoms with Gasteiger partial charge in [0, 0.05) is 17.7 Å². The number of amides is 1. The molecule has 2 heterocycles. The molecule has 0 aromatic carbocycles. The Hall–Kier alpha value is -2.49.